The van der Waals surface area contributed by atoms with Crippen molar-refractivity contribution >= 4 is 45.1 Å². The largest absolute Gasteiger partial charge is 0.345 e. The summed E-state index contributed by atoms with van der Waals surface area (Å²) in [5.41, 5.74) is 4.43. The molecule has 0 amide bonds. The first kappa shape index (κ1) is 17.0. The molecule has 0 bridgehead atoms. The van der Waals surface area contributed by atoms with Gasteiger partial charge in [-0.1, -0.05) is 31.2 Å². The average molecular weight is 454 g/mol. The van der Waals surface area contributed by atoms with Crippen molar-refractivity contribution in [2.45, 2.75) is 20.3 Å². The second-order valence-corrected chi connectivity index (χ2v) is 7.49. The fourth-order valence-electron chi connectivity index (χ4n) is 3.06. The van der Waals surface area contributed by atoms with Gasteiger partial charge in [-0.2, -0.15) is 0 Å². The molecule has 0 atom stereocenters. The number of nitrogens with zero attached hydrogens (tertiary/aromatic N) is 2. The highest BCUT2D eigenvalue weighted by Gasteiger charge is 2.11. The summed E-state index contributed by atoms with van der Waals surface area (Å²) >= 11 is 2.30. The van der Waals surface area contributed by atoms with E-state index in [4.69, 9.17) is 9.97 Å². The van der Waals surface area contributed by atoms with E-state index in [1.807, 2.05) is 24.3 Å². The van der Waals surface area contributed by atoms with Gasteiger partial charge in [-0.15, -0.1) is 0 Å². The van der Waals surface area contributed by atoms with Crippen molar-refractivity contribution in [1.29, 1.82) is 0 Å². The number of para-hydroxylation sites is 1. The summed E-state index contributed by atoms with van der Waals surface area (Å²) in [7, 11) is 0. The van der Waals surface area contributed by atoms with Gasteiger partial charge in [-0.3, -0.25) is 0 Å². The monoisotopic (exact) mass is 454 g/mol. The SMILES string of the molecule is CCc1[nH]c(Nc2nc(-c3ccc(I)cc3)nc3ccccc23)cc1C. The van der Waals surface area contributed by atoms with Crippen molar-refractivity contribution in [2.24, 2.45) is 0 Å². The lowest BCUT2D eigenvalue weighted by Gasteiger charge is -2.10. The van der Waals surface area contributed by atoms with Crippen LogP contribution in [0.15, 0.2) is 54.6 Å². The molecule has 2 aromatic heterocycles. The highest BCUT2D eigenvalue weighted by Crippen LogP contribution is 2.28. The molecule has 0 aliphatic carbocycles. The van der Waals surface area contributed by atoms with Crippen LogP contribution in [-0.2, 0) is 6.42 Å². The predicted molar refractivity (Wildman–Crippen MR) is 116 cm³/mol. The summed E-state index contributed by atoms with van der Waals surface area (Å²) in [5.74, 6) is 2.49. The van der Waals surface area contributed by atoms with Crippen molar-refractivity contribution in [3.63, 3.8) is 0 Å². The number of aromatic nitrogens is 3. The zero-order valence-corrected chi connectivity index (χ0v) is 16.8. The van der Waals surface area contributed by atoms with Gasteiger partial charge < -0.3 is 10.3 Å². The molecule has 26 heavy (non-hydrogen) atoms. The van der Waals surface area contributed by atoms with Gasteiger partial charge >= 0.3 is 0 Å². The van der Waals surface area contributed by atoms with E-state index >= 15 is 0 Å². The van der Waals surface area contributed by atoms with Gasteiger partial charge in [0.05, 0.1) is 5.52 Å². The maximum Gasteiger partial charge on any atom is 0.162 e. The van der Waals surface area contributed by atoms with Crippen LogP contribution in [0, 0.1) is 10.5 Å². The number of aryl methyl sites for hydroxylation is 2. The number of halogens is 1. The molecule has 2 N–H and O–H groups in total. The lowest BCUT2D eigenvalue weighted by molar-refractivity contribution is 1.04. The van der Waals surface area contributed by atoms with Crippen LogP contribution < -0.4 is 5.32 Å². The van der Waals surface area contributed by atoms with E-state index in [0.717, 1.165) is 40.3 Å². The van der Waals surface area contributed by atoms with Gasteiger partial charge in [0.1, 0.15) is 11.6 Å². The summed E-state index contributed by atoms with van der Waals surface area (Å²) in [6.07, 6.45) is 0.978. The van der Waals surface area contributed by atoms with Crippen LogP contribution in [0.4, 0.5) is 11.6 Å². The molecule has 2 aromatic carbocycles. The third-order valence-electron chi connectivity index (χ3n) is 4.43. The van der Waals surface area contributed by atoms with Crippen LogP contribution >= 0.6 is 22.6 Å². The summed E-state index contributed by atoms with van der Waals surface area (Å²) in [5, 5.41) is 4.46. The number of benzene rings is 2. The highest BCUT2D eigenvalue weighted by molar-refractivity contribution is 14.1. The molecular formula is C21H19IN4. The summed E-state index contributed by atoms with van der Waals surface area (Å²) in [4.78, 5) is 13.0. The lowest BCUT2D eigenvalue weighted by atomic mass is 10.2. The van der Waals surface area contributed by atoms with Gasteiger partial charge in [0.2, 0.25) is 0 Å². The zero-order chi connectivity index (χ0) is 18.1. The molecule has 130 valence electrons. The number of H-pyrrole nitrogens is 1. The van der Waals surface area contributed by atoms with E-state index in [1.165, 1.54) is 14.8 Å². The van der Waals surface area contributed by atoms with Gasteiger partial charge in [0.25, 0.3) is 0 Å². The number of anilines is 2. The molecule has 4 nitrogen and oxygen atoms in total. The maximum absolute atomic E-state index is 4.82. The number of nitrogens with one attached hydrogen (secondary N) is 2. The molecule has 0 unspecified atom stereocenters. The van der Waals surface area contributed by atoms with Gasteiger partial charge in [0.15, 0.2) is 5.82 Å². The van der Waals surface area contributed by atoms with E-state index in [1.54, 1.807) is 0 Å². The second kappa shape index (κ2) is 7.07. The van der Waals surface area contributed by atoms with Gasteiger partial charge in [0, 0.05) is 20.2 Å². The van der Waals surface area contributed by atoms with Crippen molar-refractivity contribution in [2.75, 3.05) is 5.32 Å². The smallest absolute Gasteiger partial charge is 0.162 e. The summed E-state index contributed by atoms with van der Waals surface area (Å²) < 4.78 is 1.19. The molecule has 4 rings (SSSR count). The Labute approximate surface area is 166 Å². The second-order valence-electron chi connectivity index (χ2n) is 6.24. The fourth-order valence-corrected chi connectivity index (χ4v) is 3.42. The van der Waals surface area contributed by atoms with Crippen molar-refractivity contribution in [1.82, 2.24) is 15.0 Å². The highest BCUT2D eigenvalue weighted by atomic mass is 127. The standard InChI is InChI=1S/C21H19IN4/c1-3-17-13(2)12-19(23-17)25-21-16-6-4-5-7-18(16)24-20(26-21)14-8-10-15(22)11-9-14/h4-12,23H,3H2,1-2H3,(H,24,25,26). The minimum atomic E-state index is 0.724. The minimum absolute atomic E-state index is 0.724. The first-order chi connectivity index (χ1) is 12.6. The van der Waals surface area contributed by atoms with Crippen LogP contribution in [0.1, 0.15) is 18.2 Å². The predicted octanol–water partition coefficient (Wildman–Crippen LogP) is 5.84. The third-order valence-corrected chi connectivity index (χ3v) is 5.15. The first-order valence-corrected chi connectivity index (χ1v) is 9.70. The van der Waals surface area contributed by atoms with Crippen molar-refractivity contribution in [3.05, 3.63) is 69.4 Å². The minimum Gasteiger partial charge on any atom is -0.345 e. The van der Waals surface area contributed by atoms with E-state index in [2.05, 4.69) is 77.1 Å². The van der Waals surface area contributed by atoms with Gasteiger partial charge in [-0.25, -0.2) is 9.97 Å². The molecule has 0 spiro atoms. The lowest BCUT2D eigenvalue weighted by Crippen LogP contribution is -1.99. The average Bonchev–Trinajstić information content (AvgIpc) is 3.01. The molecule has 0 fully saturated rings. The molecule has 0 radical (unpaired) electrons. The molecule has 0 saturated carbocycles. The Balaban J connectivity index is 1.82. The Bertz CT molecular complexity index is 1070. The normalized spacial score (nSPS) is 11.0. The van der Waals surface area contributed by atoms with E-state index in [0.29, 0.717) is 0 Å². The Morgan fingerprint density at radius 3 is 2.54 bits per heavy atom. The van der Waals surface area contributed by atoms with E-state index < -0.39 is 0 Å². The van der Waals surface area contributed by atoms with Crippen LogP contribution in [-0.4, -0.2) is 15.0 Å². The molecule has 0 saturated heterocycles. The number of hydrogen-bond donors (Lipinski definition) is 2. The zero-order valence-electron chi connectivity index (χ0n) is 14.7. The van der Waals surface area contributed by atoms with Crippen LogP contribution in [0.25, 0.3) is 22.3 Å². The number of hydrogen-bond acceptors (Lipinski definition) is 3. The van der Waals surface area contributed by atoms with Crippen molar-refractivity contribution in [3.8, 4) is 11.4 Å². The Hall–Kier alpha value is -2.41. The Morgan fingerprint density at radius 1 is 1.04 bits per heavy atom. The Morgan fingerprint density at radius 2 is 1.81 bits per heavy atom. The quantitative estimate of drug-likeness (QED) is 0.381. The van der Waals surface area contributed by atoms with E-state index in [9.17, 15) is 0 Å². The summed E-state index contributed by atoms with van der Waals surface area (Å²) in [6, 6.07) is 18.5. The molecular weight excluding hydrogens is 435 g/mol. The Kier molecular flexibility index (Phi) is 4.63. The molecule has 0 aliphatic heterocycles. The topological polar surface area (TPSA) is 53.6 Å². The van der Waals surface area contributed by atoms with Crippen LogP contribution in [0.2, 0.25) is 0 Å². The summed E-state index contributed by atoms with van der Waals surface area (Å²) in [6.45, 7) is 4.27. The van der Waals surface area contributed by atoms with Crippen LogP contribution in [0.3, 0.4) is 0 Å². The third kappa shape index (κ3) is 3.31. The van der Waals surface area contributed by atoms with E-state index in [-0.39, 0.29) is 0 Å². The molecule has 0 aliphatic rings. The number of aromatic amines is 1. The number of fused-ring (bicyclic) bond motifs is 1. The van der Waals surface area contributed by atoms with Crippen LogP contribution in [0.5, 0.6) is 0 Å². The fraction of sp³-hybridized carbons (Fsp3) is 0.143. The van der Waals surface area contributed by atoms with Gasteiger partial charge in [-0.05, 0) is 71.8 Å². The molecule has 5 heteroatoms. The molecule has 4 aromatic rings. The van der Waals surface area contributed by atoms with Crippen molar-refractivity contribution < 1.29 is 0 Å². The maximum atomic E-state index is 4.82. The molecule has 2 heterocycles. The first-order valence-electron chi connectivity index (χ1n) is 8.62. The number of rotatable bonds is 4.